The van der Waals surface area contributed by atoms with Gasteiger partial charge in [-0.1, -0.05) is 0 Å². The number of aliphatic hydroxyl groups excluding tert-OH is 1. The molecule has 1 atom stereocenters. The SMILES string of the molecule is CN(Cc1nc2ccsc2c(=O)[nH]1)c1nccc(N2CCCC(O)C2)n1. The van der Waals surface area contributed by atoms with Crippen LogP contribution in [0.25, 0.3) is 10.2 Å². The monoisotopic (exact) mass is 372 g/mol. The van der Waals surface area contributed by atoms with E-state index in [1.807, 2.05) is 29.5 Å². The van der Waals surface area contributed by atoms with E-state index >= 15 is 0 Å². The van der Waals surface area contributed by atoms with Gasteiger partial charge in [-0.05, 0) is 30.4 Å². The molecular formula is C17H20N6O2S. The van der Waals surface area contributed by atoms with E-state index in [2.05, 4.69) is 24.8 Å². The largest absolute Gasteiger partial charge is 0.391 e. The molecule has 3 aromatic rings. The second kappa shape index (κ2) is 7.00. The first-order valence-corrected chi connectivity index (χ1v) is 9.42. The van der Waals surface area contributed by atoms with Crippen molar-refractivity contribution in [3.63, 3.8) is 0 Å². The van der Waals surface area contributed by atoms with Crippen molar-refractivity contribution in [1.29, 1.82) is 0 Å². The molecular weight excluding hydrogens is 352 g/mol. The molecule has 136 valence electrons. The van der Waals surface area contributed by atoms with E-state index in [0.717, 1.165) is 25.2 Å². The molecule has 1 aliphatic heterocycles. The predicted molar refractivity (Wildman–Crippen MR) is 102 cm³/mol. The van der Waals surface area contributed by atoms with Crippen LogP contribution in [-0.2, 0) is 6.54 Å². The molecule has 1 fully saturated rings. The quantitative estimate of drug-likeness (QED) is 0.714. The third kappa shape index (κ3) is 3.40. The molecule has 0 aliphatic carbocycles. The van der Waals surface area contributed by atoms with E-state index in [1.54, 1.807) is 6.20 Å². The Labute approximate surface area is 154 Å². The molecule has 0 spiro atoms. The summed E-state index contributed by atoms with van der Waals surface area (Å²) in [6.45, 7) is 1.86. The maximum absolute atomic E-state index is 12.1. The number of nitrogens with zero attached hydrogens (tertiary/aromatic N) is 5. The van der Waals surface area contributed by atoms with Gasteiger partial charge in [0.05, 0.1) is 18.2 Å². The van der Waals surface area contributed by atoms with Crippen LogP contribution in [0.1, 0.15) is 18.7 Å². The number of fused-ring (bicyclic) bond motifs is 1. The first-order chi connectivity index (χ1) is 12.6. The average Bonchev–Trinajstić information content (AvgIpc) is 3.11. The molecule has 2 N–H and O–H groups in total. The van der Waals surface area contributed by atoms with Crippen LogP contribution in [0.3, 0.4) is 0 Å². The summed E-state index contributed by atoms with van der Waals surface area (Å²) in [5.74, 6) is 1.93. The summed E-state index contributed by atoms with van der Waals surface area (Å²) in [6.07, 6.45) is 3.18. The van der Waals surface area contributed by atoms with E-state index in [9.17, 15) is 9.90 Å². The predicted octanol–water partition coefficient (Wildman–Crippen LogP) is 1.37. The van der Waals surface area contributed by atoms with Gasteiger partial charge in [-0.15, -0.1) is 11.3 Å². The first kappa shape index (κ1) is 16.9. The van der Waals surface area contributed by atoms with Gasteiger partial charge >= 0.3 is 0 Å². The molecule has 4 rings (SSSR count). The molecule has 0 amide bonds. The van der Waals surface area contributed by atoms with Crippen LogP contribution in [0.2, 0.25) is 0 Å². The van der Waals surface area contributed by atoms with Crippen molar-refractivity contribution < 1.29 is 5.11 Å². The number of anilines is 2. The maximum Gasteiger partial charge on any atom is 0.268 e. The van der Waals surface area contributed by atoms with Gasteiger partial charge in [0.1, 0.15) is 16.3 Å². The second-order valence-corrected chi connectivity index (χ2v) is 7.38. The average molecular weight is 372 g/mol. The lowest BCUT2D eigenvalue weighted by Crippen LogP contribution is -2.39. The summed E-state index contributed by atoms with van der Waals surface area (Å²) < 4.78 is 0.637. The Balaban J connectivity index is 1.54. The summed E-state index contributed by atoms with van der Waals surface area (Å²) >= 11 is 1.39. The highest BCUT2D eigenvalue weighted by atomic mass is 32.1. The van der Waals surface area contributed by atoms with Crippen LogP contribution in [0.15, 0.2) is 28.5 Å². The number of hydrogen-bond acceptors (Lipinski definition) is 8. The van der Waals surface area contributed by atoms with Crippen molar-refractivity contribution in [2.45, 2.75) is 25.5 Å². The van der Waals surface area contributed by atoms with Gasteiger partial charge in [0.15, 0.2) is 0 Å². The zero-order valence-corrected chi connectivity index (χ0v) is 15.2. The molecule has 26 heavy (non-hydrogen) atoms. The summed E-state index contributed by atoms with van der Waals surface area (Å²) in [5.41, 5.74) is 0.587. The number of thiophene rings is 1. The highest BCUT2D eigenvalue weighted by Gasteiger charge is 2.20. The molecule has 3 aromatic heterocycles. The lowest BCUT2D eigenvalue weighted by molar-refractivity contribution is 0.154. The second-order valence-electron chi connectivity index (χ2n) is 6.46. The lowest BCUT2D eigenvalue weighted by atomic mass is 10.1. The van der Waals surface area contributed by atoms with Crippen molar-refractivity contribution in [2.75, 3.05) is 29.9 Å². The van der Waals surface area contributed by atoms with Gasteiger partial charge in [-0.25, -0.2) is 9.97 Å². The Kier molecular flexibility index (Phi) is 4.56. The smallest absolute Gasteiger partial charge is 0.268 e. The Morgan fingerprint density at radius 3 is 3.15 bits per heavy atom. The number of hydrogen-bond donors (Lipinski definition) is 2. The van der Waals surface area contributed by atoms with Crippen molar-refractivity contribution in [3.8, 4) is 0 Å². The fourth-order valence-electron chi connectivity index (χ4n) is 3.15. The molecule has 0 bridgehead atoms. The minimum atomic E-state index is -0.313. The van der Waals surface area contributed by atoms with Gasteiger partial charge in [0.2, 0.25) is 5.95 Å². The maximum atomic E-state index is 12.1. The molecule has 0 aromatic carbocycles. The zero-order chi connectivity index (χ0) is 18.1. The van der Waals surface area contributed by atoms with Crippen molar-refractivity contribution in [2.24, 2.45) is 0 Å². The number of piperidine rings is 1. The van der Waals surface area contributed by atoms with Crippen LogP contribution in [0.4, 0.5) is 11.8 Å². The van der Waals surface area contributed by atoms with Gasteiger partial charge in [0.25, 0.3) is 5.56 Å². The summed E-state index contributed by atoms with van der Waals surface area (Å²) in [5, 5.41) is 11.7. The van der Waals surface area contributed by atoms with E-state index in [1.165, 1.54) is 11.3 Å². The highest BCUT2D eigenvalue weighted by Crippen LogP contribution is 2.20. The first-order valence-electron chi connectivity index (χ1n) is 8.54. The Hall–Kier alpha value is -2.52. The summed E-state index contributed by atoms with van der Waals surface area (Å²) in [4.78, 5) is 32.3. The number of H-pyrrole nitrogens is 1. The molecule has 9 heteroatoms. The minimum absolute atomic E-state index is 0.120. The van der Waals surface area contributed by atoms with Crippen LogP contribution >= 0.6 is 11.3 Å². The number of β-amino-alcohol motifs (C(OH)–C–C–N with tert-alkyl or cyclic N) is 1. The van der Waals surface area contributed by atoms with Gasteiger partial charge in [-0.2, -0.15) is 4.98 Å². The topological polar surface area (TPSA) is 98.2 Å². The fraction of sp³-hybridized carbons (Fsp3) is 0.412. The van der Waals surface area contributed by atoms with Gasteiger partial charge in [-0.3, -0.25) is 4.79 Å². The van der Waals surface area contributed by atoms with Gasteiger partial charge in [0, 0.05) is 26.3 Å². The highest BCUT2D eigenvalue weighted by molar-refractivity contribution is 7.17. The van der Waals surface area contributed by atoms with Gasteiger partial charge < -0.3 is 19.9 Å². The molecule has 4 heterocycles. The van der Waals surface area contributed by atoms with E-state index < -0.39 is 0 Å². The number of aliphatic hydroxyl groups is 1. The van der Waals surface area contributed by atoms with E-state index in [0.29, 0.717) is 35.1 Å². The Morgan fingerprint density at radius 1 is 1.42 bits per heavy atom. The van der Waals surface area contributed by atoms with Crippen LogP contribution in [0, 0.1) is 0 Å². The third-order valence-corrected chi connectivity index (χ3v) is 5.34. The third-order valence-electron chi connectivity index (χ3n) is 4.44. The van der Waals surface area contributed by atoms with Crippen molar-refractivity contribution >= 4 is 33.3 Å². The number of rotatable bonds is 4. The Morgan fingerprint density at radius 2 is 2.31 bits per heavy atom. The molecule has 0 saturated carbocycles. The van der Waals surface area contributed by atoms with Crippen molar-refractivity contribution in [3.05, 3.63) is 39.9 Å². The molecule has 0 radical (unpaired) electrons. The Bertz CT molecular complexity index is 971. The number of aromatic nitrogens is 4. The summed E-state index contributed by atoms with van der Waals surface area (Å²) in [6, 6.07) is 3.70. The molecule has 1 aliphatic rings. The minimum Gasteiger partial charge on any atom is -0.391 e. The molecule has 1 unspecified atom stereocenters. The molecule has 1 saturated heterocycles. The number of aromatic amines is 1. The van der Waals surface area contributed by atoms with Crippen LogP contribution in [0.5, 0.6) is 0 Å². The van der Waals surface area contributed by atoms with E-state index in [-0.39, 0.29) is 11.7 Å². The molecule has 8 nitrogen and oxygen atoms in total. The number of nitrogens with one attached hydrogen (secondary N) is 1. The fourth-order valence-corrected chi connectivity index (χ4v) is 3.88. The summed E-state index contributed by atoms with van der Waals surface area (Å²) in [7, 11) is 1.86. The normalized spacial score (nSPS) is 17.6. The van der Waals surface area contributed by atoms with Crippen LogP contribution < -0.4 is 15.4 Å². The van der Waals surface area contributed by atoms with E-state index in [4.69, 9.17) is 0 Å². The standard InChI is InChI=1S/C17H20N6O2S/c1-22(10-13-19-12-5-8-26-15(12)16(25)20-13)17-18-6-4-14(21-17)23-7-2-3-11(24)9-23/h4-6,8,11,24H,2-3,7,9-10H2,1H3,(H,19,20,25). The van der Waals surface area contributed by atoms with Crippen molar-refractivity contribution in [1.82, 2.24) is 19.9 Å². The lowest BCUT2D eigenvalue weighted by Gasteiger charge is -2.31. The zero-order valence-electron chi connectivity index (χ0n) is 14.4. The van der Waals surface area contributed by atoms with Crippen LogP contribution in [-0.4, -0.2) is 51.3 Å².